The lowest BCUT2D eigenvalue weighted by Crippen LogP contribution is -2.32. The van der Waals surface area contributed by atoms with Crippen LogP contribution in [-0.4, -0.2) is 28.5 Å². The Bertz CT molecular complexity index is 337. The maximum atomic E-state index is 5.93. The summed E-state index contributed by atoms with van der Waals surface area (Å²) in [6, 6.07) is 2.30. The van der Waals surface area contributed by atoms with Crippen LogP contribution < -0.4 is 5.32 Å². The monoisotopic (exact) mass is 223 g/mol. The van der Waals surface area contributed by atoms with Crippen molar-refractivity contribution in [3.63, 3.8) is 0 Å². The van der Waals surface area contributed by atoms with Crippen molar-refractivity contribution in [2.45, 2.75) is 44.9 Å². The molecule has 1 N–H and O–H groups in total. The van der Waals surface area contributed by atoms with Crippen LogP contribution in [0.15, 0.2) is 12.3 Å². The average Bonchev–Trinajstić information content (AvgIpc) is 2.84. The van der Waals surface area contributed by atoms with Gasteiger partial charge in [0.15, 0.2) is 0 Å². The van der Waals surface area contributed by atoms with Gasteiger partial charge in [-0.2, -0.15) is 5.10 Å². The summed E-state index contributed by atoms with van der Waals surface area (Å²) in [6.07, 6.45) is 4.91. The number of hydrogen-bond donors (Lipinski definition) is 1. The van der Waals surface area contributed by atoms with Crippen LogP contribution in [0.2, 0.25) is 0 Å². The van der Waals surface area contributed by atoms with Crippen LogP contribution in [0.5, 0.6) is 0 Å². The number of aromatic nitrogens is 2. The summed E-state index contributed by atoms with van der Waals surface area (Å²) in [7, 11) is 1.95. The van der Waals surface area contributed by atoms with Gasteiger partial charge in [-0.3, -0.25) is 4.68 Å². The first kappa shape index (κ1) is 11.6. The van der Waals surface area contributed by atoms with Crippen LogP contribution >= 0.6 is 0 Å². The van der Waals surface area contributed by atoms with Crippen molar-refractivity contribution >= 4 is 0 Å². The fraction of sp³-hybridized carbons (Fsp3) is 0.750. The van der Waals surface area contributed by atoms with E-state index in [0.717, 1.165) is 25.1 Å². The van der Waals surface area contributed by atoms with Crippen molar-refractivity contribution < 1.29 is 4.74 Å². The number of hydrogen-bond acceptors (Lipinski definition) is 3. The first-order valence-electron chi connectivity index (χ1n) is 6.09. The van der Waals surface area contributed by atoms with Crippen molar-refractivity contribution in [2.75, 3.05) is 6.54 Å². The Morgan fingerprint density at radius 3 is 2.94 bits per heavy atom. The molecule has 2 rings (SSSR count). The molecule has 16 heavy (non-hydrogen) atoms. The standard InChI is InChI=1S/C12H21N3O/c1-4-13-12(10-7-8-15(3)14-10)11-6-5-9(2)16-11/h7-9,11-13H,4-6H2,1-3H3. The van der Waals surface area contributed by atoms with Crippen LogP contribution in [0.4, 0.5) is 0 Å². The predicted octanol–water partition coefficient (Wildman–Crippen LogP) is 1.64. The Morgan fingerprint density at radius 2 is 2.44 bits per heavy atom. The summed E-state index contributed by atoms with van der Waals surface area (Å²) in [5, 5.41) is 7.95. The molecule has 3 atom stereocenters. The summed E-state index contributed by atoms with van der Waals surface area (Å²) >= 11 is 0. The molecule has 1 aliphatic heterocycles. The zero-order valence-corrected chi connectivity index (χ0v) is 10.3. The van der Waals surface area contributed by atoms with Gasteiger partial charge < -0.3 is 10.1 Å². The largest absolute Gasteiger partial charge is 0.373 e. The van der Waals surface area contributed by atoms with Crippen LogP contribution in [0.3, 0.4) is 0 Å². The highest BCUT2D eigenvalue weighted by Crippen LogP contribution is 2.29. The number of rotatable bonds is 4. The van der Waals surface area contributed by atoms with E-state index in [1.165, 1.54) is 0 Å². The molecule has 0 spiro atoms. The molecule has 1 aliphatic rings. The van der Waals surface area contributed by atoms with E-state index in [0.29, 0.717) is 6.10 Å². The van der Waals surface area contributed by atoms with Gasteiger partial charge in [0.1, 0.15) is 0 Å². The number of likely N-dealkylation sites (N-methyl/N-ethyl adjacent to an activating group) is 1. The second-order valence-corrected chi connectivity index (χ2v) is 4.51. The molecule has 0 bridgehead atoms. The van der Waals surface area contributed by atoms with Crippen molar-refractivity contribution in [1.29, 1.82) is 0 Å². The quantitative estimate of drug-likeness (QED) is 0.843. The molecule has 4 heteroatoms. The van der Waals surface area contributed by atoms with E-state index >= 15 is 0 Å². The van der Waals surface area contributed by atoms with Crippen LogP contribution in [-0.2, 0) is 11.8 Å². The second kappa shape index (κ2) is 4.97. The minimum atomic E-state index is 0.233. The summed E-state index contributed by atoms with van der Waals surface area (Å²) < 4.78 is 7.77. The molecule has 1 saturated heterocycles. The van der Waals surface area contributed by atoms with E-state index in [9.17, 15) is 0 Å². The van der Waals surface area contributed by atoms with Crippen LogP contribution in [0, 0.1) is 0 Å². The zero-order valence-electron chi connectivity index (χ0n) is 10.3. The summed E-state index contributed by atoms with van der Waals surface area (Å²) in [6.45, 7) is 5.20. The van der Waals surface area contributed by atoms with E-state index in [2.05, 4.69) is 30.3 Å². The third kappa shape index (κ3) is 2.44. The number of ether oxygens (including phenoxy) is 1. The number of nitrogens with zero attached hydrogens (tertiary/aromatic N) is 2. The van der Waals surface area contributed by atoms with E-state index in [1.54, 1.807) is 0 Å². The maximum absolute atomic E-state index is 5.93. The molecular weight excluding hydrogens is 202 g/mol. The summed E-state index contributed by atoms with van der Waals surface area (Å²) in [5.74, 6) is 0. The third-order valence-corrected chi connectivity index (χ3v) is 3.11. The van der Waals surface area contributed by atoms with Gasteiger partial charge in [0.2, 0.25) is 0 Å². The first-order valence-corrected chi connectivity index (χ1v) is 6.09. The minimum absolute atomic E-state index is 0.233. The molecule has 1 fully saturated rings. The van der Waals surface area contributed by atoms with Crippen molar-refractivity contribution in [3.05, 3.63) is 18.0 Å². The highest BCUT2D eigenvalue weighted by molar-refractivity contribution is 5.08. The van der Waals surface area contributed by atoms with E-state index in [1.807, 2.05) is 17.9 Å². The lowest BCUT2D eigenvalue weighted by molar-refractivity contribution is 0.0309. The summed E-state index contributed by atoms with van der Waals surface area (Å²) in [4.78, 5) is 0. The highest BCUT2D eigenvalue weighted by atomic mass is 16.5. The van der Waals surface area contributed by atoms with Crippen molar-refractivity contribution in [1.82, 2.24) is 15.1 Å². The number of nitrogens with one attached hydrogen (secondary N) is 1. The molecule has 0 amide bonds. The molecule has 0 aromatic carbocycles. The van der Waals surface area contributed by atoms with Crippen LogP contribution in [0.25, 0.3) is 0 Å². The minimum Gasteiger partial charge on any atom is -0.373 e. The first-order chi connectivity index (χ1) is 7.70. The van der Waals surface area contributed by atoms with Gasteiger partial charge in [-0.25, -0.2) is 0 Å². The van der Waals surface area contributed by atoms with E-state index in [4.69, 9.17) is 4.74 Å². The fourth-order valence-corrected chi connectivity index (χ4v) is 2.32. The highest BCUT2D eigenvalue weighted by Gasteiger charge is 2.31. The predicted molar refractivity (Wildman–Crippen MR) is 63.2 cm³/mol. The Balaban J connectivity index is 2.10. The van der Waals surface area contributed by atoms with Gasteiger partial charge in [0, 0.05) is 13.2 Å². The van der Waals surface area contributed by atoms with Gasteiger partial charge in [0.25, 0.3) is 0 Å². The van der Waals surface area contributed by atoms with E-state index < -0.39 is 0 Å². The Kier molecular flexibility index (Phi) is 3.61. The molecule has 2 heterocycles. The Labute approximate surface area is 97.0 Å². The molecule has 1 aromatic rings. The maximum Gasteiger partial charge on any atom is 0.0820 e. The molecule has 90 valence electrons. The molecule has 0 aliphatic carbocycles. The molecule has 0 saturated carbocycles. The molecule has 1 aromatic heterocycles. The molecule has 0 radical (unpaired) electrons. The topological polar surface area (TPSA) is 39.1 Å². The summed E-state index contributed by atoms with van der Waals surface area (Å²) in [5.41, 5.74) is 1.09. The van der Waals surface area contributed by atoms with Gasteiger partial charge in [-0.1, -0.05) is 6.92 Å². The normalized spacial score (nSPS) is 27.2. The Morgan fingerprint density at radius 1 is 1.62 bits per heavy atom. The molecule has 4 nitrogen and oxygen atoms in total. The van der Waals surface area contributed by atoms with Crippen molar-refractivity contribution in [2.24, 2.45) is 7.05 Å². The smallest absolute Gasteiger partial charge is 0.0820 e. The second-order valence-electron chi connectivity index (χ2n) is 4.51. The van der Waals surface area contributed by atoms with Gasteiger partial charge in [-0.15, -0.1) is 0 Å². The fourth-order valence-electron chi connectivity index (χ4n) is 2.32. The average molecular weight is 223 g/mol. The lowest BCUT2D eigenvalue weighted by atomic mass is 10.0. The SMILES string of the molecule is CCNC(c1ccn(C)n1)C1CCC(C)O1. The third-order valence-electron chi connectivity index (χ3n) is 3.11. The van der Waals surface area contributed by atoms with Gasteiger partial charge >= 0.3 is 0 Å². The van der Waals surface area contributed by atoms with E-state index in [-0.39, 0.29) is 12.1 Å². The van der Waals surface area contributed by atoms with Crippen LogP contribution in [0.1, 0.15) is 38.4 Å². The lowest BCUT2D eigenvalue weighted by Gasteiger charge is -2.22. The zero-order chi connectivity index (χ0) is 11.5. The molecular formula is C12H21N3O. The van der Waals surface area contributed by atoms with Crippen molar-refractivity contribution in [3.8, 4) is 0 Å². The number of aryl methyl sites for hydroxylation is 1. The Hall–Kier alpha value is -0.870. The molecule has 3 unspecified atom stereocenters. The van der Waals surface area contributed by atoms with Gasteiger partial charge in [0.05, 0.1) is 23.9 Å². The van der Waals surface area contributed by atoms with Gasteiger partial charge in [-0.05, 0) is 32.4 Å².